The highest BCUT2D eigenvalue weighted by Gasteiger charge is 2.34. The van der Waals surface area contributed by atoms with Crippen LogP contribution in [0.4, 0.5) is 5.69 Å². The van der Waals surface area contributed by atoms with E-state index in [1.807, 2.05) is 45.0 Å². The summed E-state index contributed by atoms with van der Waals surface area (Å²) in [6.07, 6.45) is 5.46. The number of nitrogens with zero attached hydrogens (tertiary/aromatic N) is 2. The van der Waals surface area contributed by atoms with E-state index in [2.05, 4.69) is 5.32 Å². The molecular weight excluding hydrogens is 605 g/mol. The SMILES string of the molecule is CC[C@H](C(=O)NC1CCCCC1)N(Cc1ccccc1C)C(=O)CN(c1ccc(Cl)c(Cl)c1)S(=O)(=O)c1ccc(C)cc1. The third kappa shape index (κ3) is 8.11. The third-order valence-corrected chi connectivity index (χ3v) is 10.5. The molecule has 43 heavy (non-hydrogen) atoms. The number of carbonyl (C=O) groups excluding carboxylic acids is 2. The van der Waals surface area contributed by atoms with E-state index in [9.17, 15) is 18.0 Å². The number of hydrogen-bond donors (Lipinski definition) is 1. The zero-order chi connectivity index (χ0) is 31.1. The maximum Gasteiger partial charge on any atom is 0.264 e. The summed E-state index contributed by atoms with van der Waals surface area (Å²) in [6.45, 7) is 5.30. The van der Waals surface area contributed by atoms with Gasteiger partial charge in [0.05, 0.1) is 20.6 Å². The zero-order valence-corrected chi connectivity index (χ0v) is 27.2. The van der Waals surface area contributed by atoms with Crippen molar-refractivity contribution in [3.8, 4) is 0 Å². The fourth-order valence-electron chi connectivity index (χ4n) is 5.44. The Bertz CT molecular complexity index is 1540. The first-order chi connectivity index (χ1) is 20.5. The maximum atomic E-state index is 14.3. The van der Waals surface area contributed by atoms with Crippen molar-refractivity contribution in [2.75, 3.05) is 10.8 Å². The standard InChI is InChI=1S/C33H39Cl2N3O4S/c1-4-31(33(40)36-26-12-6-5-7-13-26)37(21-25-11-9-8-10-24(25)3)32(39)22-38(27-16-19-29(34)30(35)20-27)43(41,42)28-17-14-23(2)15-18-28/h8-11,14-20,26,31H,4-7,12-13,21-22H2,1-3H3,(H,36,40)/t31-/m1/s1. The van der Waals surface area contributed by atoms with E-state index < -0.39 is 28.5 Å². The second kappa shape index (κ2) is 14.6. The lowest BCUT2D eigenvalue weighted by molar-refractivity contribution is -0.140. The van der Waals surface area contributed by atoms with Crippen molar-refractivity contribution in [1.29, 1.82) is 0 Å². The number of sulfonamides is 1. The van der Waals surface area contributed by atoms with E-state index in [1.54, 1.807) is 12.1 Å². The second-order valence-electron chi connectivity index (χ2n) is 11.1. The molecule has 3 aromatic rings. The van der Waals surface area contributed by atoms with Crippen LogP contribution in [0.3, 0.4) is 0 Å². The molecule has 1 fully saturated rings. The van der Waals surface area contributed by atoms with Gasteiger partial charge in [-0.05, 0) is 74.6 Å². The minimum absolute atomic E-state index is 0.0320. The lowest BCUT2D eigenvalue weighted by atomic mass is 9.95. The molecule has 1 saturated carbocycles. The van der Waals surface area contributed by atoms with Gasteiger partial charge in [0, 0.05) is 12.6 Å². The van der Waals surface area contributed by atoms with Crippen molar-refractivity contribution >= 4 is 50.7 Å². The molecule has 0 aromatic heterocycles. The van der Waals surface area contributed by atoms with Crippen molar-refractivity contribution in [3.05, 3.63) is 93.5 Å². The Balaban J connectivity index is 1.73. The molecule has 0 bridgehead atoms. The van der Waals surface area contributed by atoms with Crippen molar-refractivity contribution in [3.63, 3.8) is 0 Å². The minimum Gasteiger partial charge on any atom is -0.352 e. The van der Waals surface area contributed by atoms with E-state index in [1.165, 1.54) is 35.2 Å². The third-order valence-electron chi connectivity index (χ3n) is 8.02. The van der Waals surface area contributed by atoms with Gasteiger partial charge in [0.2, 0.25) is 11.8 Å². The van der Waals surface area contributed by atoms with Gasteiger partial charge in [-0.2, -0.15) is 0 Å². The van der Waals surface area contributed by atoms with Gasteiger partial charge in [-0.1, -0.05) is 91.3 Å². The van der Waals surface area contributed by atoms with E-state index in [0.717, 1.165) is 53.1 Å². The summed E-state index contributed by atoms with van der Waals surface area (Å²) < 4.78 is 29.1. The molecule has 1 aliphatic rings. The number of carbonyl (C=O) groups is 2. The predicted octanol–water partition coefficient (Wildman–Crippen LogP) is 7.06. The van der Waals surface area contributed by atoms with Gasteiger partial charge in [0.15, 0.2) is 0 Å². The summed E-state index contributed by atoms with van der Waals surface area (Å²) in [5, 5.41) is 3.59. The topological polar surface area (TPSA) is 86.8 Å². The molecule has 1 atom stereocenters. The minimum atomic E-state index is -4.20. The van der Waals surface area contributed by atoms with Gasteiger partial charge in [0.1, 0.15) is 12.6 Å². The van der Waals surface area contributed by atoms with Crippen LogP contribution in [0.5, 0.6) is 0 Å². The van der Waals surface area contributed by atoms with Crippen LogP contribution < -0.4 is 9.62 Å². The average molecular weight is 645 g/mol. The average Bonchev–Trinajstić information content (AvgIpc) is 2.98. The molecule has 1 aliphatic carbocycles. The van der Waals surface area contributed by atoms with Crippen LogP contribution in [-0.4, -0.2) is 43.8 Å². The molecule has 0 spiro atoms. The molecule has 0 unspecified atom stereocenters. The largest absolute Gasteiger partial charge is 0.352 e. The van der Waals surface area contributed by atoms with Gasteiger partial charge in [0.25, 0.3) is 10.0 Å². The Morgan fingerprint density at radius 3 is 2.23 bits per heavy atom. The highest BCUT2D eigenvalue weighted by Crippen LogP contribution is 2.31. The Morgan fingerprint density at radius 1 is 0.930 bits per heavy atom. The number of amides is 2. The van der Waals surface area contributed by atoms with Crippen LogP contribution in [0, 0.1) is 13.8 Å². The Hall–Kier alpha value is -3.07. The molecule has 230 valence electrons. The molecule has 0 aliphatic heterocycles. The maximum absolute atomic E-state index is 14.3. The number of rotatable bonds is 11. The number of nitrogens with one attached hydrogen (secondary N) is 1. The molecule has 10 heteroatoms. The van der Waals surface area contributed by atoms with Crippen molar-refractivity contribution in [2.24, 2.45) is 0 Å². The fraction of sp³-hybridized carbons (Fsp3) is 0.394. The number of benzene rings is 3. The highest BCUT2D eigenvalue weighted by atomic mass is 35.5. The van der Waals surface area contributed by atoms with Gasteiger partial charge in [-0.3, -0.25) is 13.9 Å². The van der Waals surface area contributed by atoms with Gasteiger partial charge in [-0.15, -0.1) is 0 Å². The summed E-state index contributed by atoms with van der Waals surface area (Å²) in [7, 11) is -4.20. The highest BCUT2D eigenvalue weighted by molar-refractivity contribution is 7.92. The molecule has 7 nitrogen and oxygen atoms in total. The Kier molecular flexibility index (Phi) is 11.2. The molecule has 1 N–H and O–H groups in total. The lowest BCUT2D eigenvalue weighted by Crippen LogP contribution is -2.54. The summed E-state index contributed by atoms with van der Waals surface area (Å²) in [6, 6.07) is 17.8. The molecular formula is C33H39Cl2N3O4S. The Labute approximate surface area is 265 Å². The number of halogens is 2. The monoisotopic (exact) mass is 643 g/mol. The lowest BCUT2D eigenvalue weighted by Gasteiger charge is -2.34. The van der Waals surface area contributed by atoms with Crippen molar-refractivity contribution in [1.82, 2.24) is 10.2 Å². The number of hydrogen-bond acceptors (Lipinski definition) is 4. The van der Waals surface area contributed by atoms with Crippen LogP contribution in [0.2, 0.25) is 10.0 Å². The molecule has 3 aromatic carbocycles. The smallest absolute Gasteiger partial charge is 0.264 e. The van der Waals surface area contributed by atoms with Crippen LogP contribution in [0.1, 0.15) is 62.1 Å². The first kappa shape index (κ1) is 32.8. The number of aryl methyl sites for hydroxylation is 2. The van der Waals surface area contributed by atoms with Crippen LogP contribution in [0.25, 0.3) is 0 Å². The van der Waals surface area contributed by atoms with E-state index in [0.29, 0.717) is 6.42 Å². The Morgan fingerprint density at radius 2 is 1.60 bits per heavy atom. The van der Waals surface area contributed by atoms with Crippen molar-refractivity contribution in [2.45, 2.75) is 82.8 Å². The second-order valence-corrected chi connectivity index (χ2v) is 13.8. The first-order valence-corrected chi connectivity index (χ1v) is 16.9. The first-order valence-electron chi connectivity index (χ1n) is 14.7. The van der Waals surface area contributed by atoms with E-state index in [4.69, 9.17) is 23.2 Å². The summed E-state index contributed by atoms with van der Waals surface area (Å²) >= 11 is 12.5. The van der Waals surface area contributed by atoms with Gasteiger partial charge in [-0.25, -0.2) is 8.42 Å². The van der Waals surface area contributed by atoms with Crippen LogP contribution >= 0.6 is 23.2 Å². The molecule has 0 radical (unpaired) electrons. The van der Waals surface area contributed by atoms with Crippen LogP contribution in [-0.2, 0) is 26.2 Å². The van der Waals surface area contributed by atoms with E-state index >= 15 is 0 Å². The normalized spacial score (nSPS) is 14.6. The quantitative estimate of drug-likeness (QED) is 0.242. The van der Waals surface area contributed by atoms with E-state index in [-0.39, 0.29) is 39.1 Å². The van der Waals surface area contributed by atoms with Gasteiger partial charge < -0.3 is 10.2 Å². The fourth-order valence-corrected chi connectivity index (χ4v) is 7.14. The predicted molar refractivity (Wildman–Crippen MR) is 173 cm³/mol. The number of anilines is 1. The summed E-state index contributed by atoms with van der Waals surface area (Å²) in [5.74, 6) is -0.727. The van der Waals surface area contributed by atoms with Crippen molar-refractivity contribution < 1.29 is 18.0 Å². The molecule has 2 amide bonds. The summed E-state index contributed by atoms with van der Waals surface area (Å²) in [4.78, 5) is 29.5. The molecule has 4 rings (SSSR count). The molecule has 0 heterocycles. The van der Waals surface area contributed by atoms with Crippen LogP contribution in [0.15, 0.2) is 71.6 Å². The molecule has 0 saturated heterocycles. The zero-order valence-electron chi connectivity index (χ0n) is 24.9. The van der Waals surface area contributed by atoms with Gasteiger partial charge >= 0.3 is 0 Å². The summed E-state index contributed by atoms with van der Waals surface area (Å²) in [5.41, 5.74) is 2.94.